The number of hydrogen-bond acceptors (Lipinski definition) is 3. The lowest BCUT2D eigenvalue weighted by molar-refractivity contribution is 0.467. The predicted octanol–water partition coefficient (Wildman–Crippen LogP) is 4.03. The van der Waals surface area contributed by atoms with Crippen LogP contribution in [0.2, 0.25) is 0 Å². The molecule has 2 aromatic rings. The van der Waals surface area contributed by atoms with Gasteiger partial charge in [-0.1, -0.05) is 18.2 Å². The Morgan fingerprint density at radius 2 is 1.70 bits per heavy atom. The minimum absolute atomic E-state index is 0.0690. The van der Waals surface area contributed by atoms with Crippen molar-refractivity contribution in [3.05, 3.63) is 50.9 Å². The average molecular weight is 421 g/mol. The topological polar surface area (TPSA) is 66.4 Å². The van der Waals surface area contributed by atoms with Crippen molar-refractivity contribution in [1.82, 2.24) is 0 Å². The van der Waals surface area contributed by atoms with Crippen molar-refractivity contribution in [2.24, 2.45) is 0 Å². The molecule has 0 amide bonds. The van der Waals surface area contributed by atoms with Crippen LogP contribution in [-0.2, 0) is 10.0 Å². The van der Waals surface area contributed by atoms with Crippen LogP contribution in [0.1, 0.15) is 5.56 Å². The summed E-state index contributed by atoms with van der Waals surface area (Å²) in [6, 6.07) is 9.64. The number of anilines is 1. The lowest BCUT2D eigenvalue weighted by Gasteiger charge is -2.13. The maximum atomic E-state index is 12.3. The van der Waals surface area contributed by atoms with Gasteiger partial charge in [0.2, 0.25) is 0 Å². The van der Waals surface area contributed by atoms with Gasteiger partial charge < -0.3 is 5.11 Å². The molecule has 4 nitrogen and oxygen atoms in total. The van der Waals surface area contributed by atoms with Gasteiger partial charge in [0.15, 0.2) is 0 Å². The molecule has 0 fully saturated rings. The number of rotatable bonds is 3. The van der Waals surface area contributed by atoms with Crippen molar-refractivity contribution in [1.29, 1.82) is 0 Å². The molecule has 0 atom stereocenters. The number of aromatic hydroxyl groups is 1. The van der Waals surface area contributed by atoms with Crippen LogP contribution < -0.4 is 4.72 Å². The summed E-state index contributed by atoms with van der Waals surface area (Å²) in [6.07, 6.45) is 0. The molecule has 0 spiro atoms. The van der Waals surface area contributed by atoms with Crippen LogP contribution in [-0.4, -0.2) is 13.5 Å². The molecule has 0 heterocycles. The molecule has 106 valence electrons. The fourth-order valence-corrected chi connectivity index (χ4v) is 3.76. The minimum atomic E-state index is -3.66. The zero-order valence-corrected chi connectivity index (χ0v) is 14.4. The third-order valence-electron chi connectivity index (χ3n) is 2.67. The summed E-state index contributed by atoms with van der Waals surface area (Å²) < 4.78 is 27.8. The molecule has 2 rings (SSSR count). The molecule has 0 bridgehead atoms. The molecule has 0 radical (unpaired) electrons. The van der Waals surface area contributed by atoms with Crippen molar-refractivity contribution in [3.8, 4) is 5.75 Å². The molecular weight excluding hydrogens is 410 g/mol. The number of sulfonamides is 1. The third-order valence-corrected chi connectivity index (χ3v) is 6.18. The van der Waals surface area contributed by atoms with Gasteiger partial charge in [0, 0.05) is 0 Å². The second kappa shape index (κ2) is 5.75. The van der Waals surface area contributed by atoms with Crippen LogP contribution in [0.3, 0.4) is 0 Å². The van der Waals surface area contributed by atoms with Crippen LogP contribution in [0.5, 0.6) is 5.75 Å². The fourth-order valence-electron chi connectivity index (χ4n) is 1.62. The number of hydrogen-bond donors (Lipinski definition) is 2. The van der Waals surface area contributed by atoms with Crippen molar-refractivity contribution >= 4 is 47.6 Å². The van der Waals surface area contributed by atoms with Gasteiger partial charge in [0.1, 0.15) is 5.75 Å². The molecule has 0 saturated carbocycles. The molecule has 20 heavy (non-hydrogen) atoms. The van der Waals surface area contributed by atoms with Crippen LogP contribution in [0.15, 0.2) is 50.2 Å². The first-order valence-corrected chi connectivity index (χ1v) is 8.65. The summed E-state index contributed by atoms with van der Waals surface area (Å²) >= 11 is 6.47. The van der Waals surface area contributed by atoms with Crippen molar-refractivity contribution in [2.75, 3.05) is 4.72 Å². The van der Waals surface area contributed by atoms with Gasteiger partial charge in [-0.2, -0.15) is 0 Å². The Hall–Kier alpha value is -1.05. The highest BCUT2D eigenvalue weighted by molar-refractivity contribution is 9.13. The smallest absolute Gasteiger partial charge is 0.261 e. The number of phenolic OH excluding ortho intramolecular Hbond substituents is 1. The predicted molar refractivity (Wildman–Crippen MR) is 85.5 cm³/mol. The van der Waals surface area contributed by atoms with Gasteiger partial charge in [0.25, 0.3) is 10.0 Å². The number of aryl methyl sites for hydroxylation is 1. The van der Waals surface area contributed by atoms with Gasteiger partial charge in [-0.25, -0.2) is 8.42 Å². The highest BCUT2D eigenvalue weighted by Crippen LogP contribution is 2.40. The highest BCUT2D eigenvalue weighted by atomic mass is 79.9. The number of halogens is 2. The van der Waals surface area contributed by atoms with E-state index in [1.165, 1.54) is 12.1 Å². The molecular formula is C13H11Br2NO3S. The van der Waals surface area contributed by atoms with Crippen LogP contribution in [0.25, 0.3) is 0 Å². The van der Waals surface area contributed by atoms with Crippen LogP contribution in [0.4, 0.5) is 5.69 Å². The van der Waals surface area contributed by atoms with Gasteiger partial charge in [-0.05, 0) is 62.5 Å². The fraction of sp³-hybridized carbons (Fsp3) is 0.0769. The molecule has 2 N–H and O–H groups in total. The Balaban J connectivity index is 2.46. The zero-order chi connectivity index (χ0) is 14.9. The summed E-state index contributed by atoms with van der Waals surface area (Å²) in [5.74, 6) is 0.0690. The molecule has 0 unspecified atom stereocenters. The molecule has 0 aromatic heterocycles. The molecule has 0 saturated heterocycles. The van der Waals surface area contributed by atoms with Crippen LogP contribution >= 0.6 is 31.9 Å². The summed E-state index contributed by atoms with van der Waals surface area (Å²) in [6.45, 7) is 1.69. The quantitative estimate of drug-likeness (QED) is 0.736. The van der Waals surface area contributed by atoms with Crippen molar-refractivity contribution in [3.63, 3.8) is 0 Å². The molecule has 0 aliphatic carbocycles. The summed E-state index contributed by atoms with van der Waals surface area (Å²) in [5, 5.41) is 9.77. The molecule has 7 heteroatoms. The van der Waals surface area contributed by atoms with Crippen molar-refractivity contribution in [2.45, 2.75) is 11.8 Å². The summed E-state index contributed by atoms with van der Waals surface area (Å²) in [4.78, 5) is 0.175. The van der Waals surface area contributed by atoms with E-state index in [-0.39, 0.29) is 10.6 Å². The Bertz CT molecular complexity index is 746. The second-order valence-corrected chi connectivity index (χ2v) is 7.40. The van der Waals surface area contributed by atoms with E-state index in [1.54, 1.807) is 31.2 Å². The first-order valence-electron chi connectivity index (χ1n) is 5.58. The Labute approximate surface area is 134 Å². The standard InChI is InChI=1S/C13H11Br2NO3S/c1-8-7-10(11(14)12(15)13(8)17)16-20(18,19)9-5-3-2-4-6-9/h2-7,16-17H,1H3. The van der Waals surface area contributed by atoms with Gasteiger partial charge in [0.05, 0.1) is 19.5 Å². The number of benzene rings is 2. The Kier molecular flexibility index (Phi) is 4.41. The maximum absolute atomic E-state index is 12.3. The monoisotopic (exact) mass is 419 g/mol. The molecule has 0 aliphatic rings. The largest absolute Gasteiger partial charge is 0.506 e. The Morgan fingerprint density at radius 1 is 1.10 bits per heavy atom. The van der Waals surface area contributed by atoms with E-state index in [0.717, 1.165) is 0 Å². The highest BCUT2D eigenvalue weighted by Gasteiger charge is 2.18. The lowest BCUT2D eigenvalue weighted by atomic mass is 10.2. The van der Waals surface area contributed by atoms with E-state index < -0.39 is 10.0 Å². The molecule has 2 aromatic carbocycles. The normalized spacial score (nSPS) is 11.3. The first kappa shape index (κ1) is 15.3. The van der Waals surface area contributed by atoms with Crippen LogP contribution in [0, 0.1) is 6.92 Å². The van der Waals surface area contributed by atoms with Crippen molar-refractivity contribution < 1.29 is 13.5 Å². The van der Waals surface area contributed by atoms with E-state index in [1.807, 2.05) is 0 Å². The zero-order valence-electron chi connectivity index (χ0n) is 10.4. The van der Waals surface area contributed by atoms with E-state index in [2.05, 4.69) is 36.6 Å². The lowest BCUT2D eigenvalue weighted by Crippen LogP contribution is -2.13. The summed E-state index contributed by atoms with van der Waals surface area (Å²) in [5.41, 5.74) is 0.918. The van der Waals surface area contributed by atoms with Gasteiger partial charge in [-0.3, -0.25) is 4.72 Å². The van der Waals surface area contributed by atoms with E-state index >= 15 is 0 Å². The van der Waals surface area contributed by atoms with E-state index in [9.17, 15) is 13.5 Å². The maximum Gasteiger partial charge on any atom is 0.261 e. The summed E-state index contributed by atoms with van der Waals surface area (Å²) in [7, 11) is -3.66. The van der Waals surface area contributed by atoms with Gasteiger partial charge >= 0.3 is 0 Å². The Morgan fingerprint density at radius 3 is 2.30 bits per heavy atom. The van der Waals surface area contributed by atoms with E-state index in [4.69, 9.17) is 0 Å². The third kappa shape index (κ3) is 2.99. The molecule has 0 aliphatic heterocycles. The second-order valence-electron chi connectivity index (χ2n) is 4.14. The first-order chi connectivity index (χ1) is 9.33. The minimum Gasteiger partial charge on any atom is -0.506 e. The SMILES string of the molecule is Cc1cc(NS(=O)(=O)c2ccccc2)c(Br)c(Br)c1O. The van der Waals surface area contributed by atoms with Gasteiger partial charge in [-0.15, -0.1) is 0 Å². The van der Waals surface area contributed by atoms with E-state index in [0.29, 0.717) is 20.2 Å². The average Bonchev–Trinajstić information content (AvgIpc) is 2.43. The number of nitrogens with one attached hydrogen (secondary N) is 1. The number of phenols is 1.